The molecule has 0 aliphatic carbocycles. The van der Waals surface area contributed by atoms with Gasteiger partial charge in [0.2, 0.25) is 0 Å². The summed E-state index contributed by atoms with van der Waals surface area (Å²) >= 11 is 0. The van der Waals surface area contributed by atoms with Crippen molar-refractivity contribution in [2.45, 2.75) is 4.90 Å². The van der Waals surface area contributed by atoms with E-state index in [4.69, 9.17) is 9.15 Å². The average molecular weight is 463 g/mol. The number of carbonyl (C=O) groups is 2. The molecule has 0 saturated carbocycles. The molecular formula is C24H17NO7S. The fraction of sp³-hybridized carbons (Fsp3) is 0.0417. The highest BCUT2D eigenvalue weighted by Crippen LogP contribution is 2.17. The number of ketones is 1. The summed E-state index contributed by atoms with van der Waals surface area (Å²) in [5.41, 5.74) is -0.372. The van der Waals surface area contributed by atoms with E-state index in [1.165, 1.54) is 42.5 Å². The summed E-state index contributed by atoms with van der Waals surface area (Å²) in [5.74, 6) is -1.50. The van der Waals surface area contributed by atoms with Gasteiger partial charge in [0.05, 0.1) is 4.90 Å². The van der Waals surface area contributed by atoms with Gasteiger partial charge < -0.3 is 9.15 Å². The molecule has 4 aromatic rings. The number of fused-ring (bicyclic) bond motifs is 1. The molecule has 0 aliphatic heterocycles. The Morgan fingerprint density at radius 1 is 0.879 bits per heavy atom. The number of hydrogen-bond acceptors (Lipinski definition) is 7. The maximum absolute atomic E-state index is 12.4. The van der Waals surface area contributed by atoms with Gasteiger partial charge in [-0.1, -0.05) is 36.4 Å². The van der Waals surface area contributed by atoms with Crippen LogP contribution in [0.15, 0.2) is 99.0 Å². The molecule has 0 spiro atoms. The van der Waals surface area contributed by atoms with Crippen LogP contribution in [0.4, 0.5) is 5.69 Å². The van der Waals surface area contributed by atoms with Crippen LogP contribution in [0.25, 0.3) is 11.0 Å². The van der Waals surface area contributed by atoms with Gasteiger partial charge >= 0.3 is 11.6 Å². The van der Waals surface area contributed by atoms with Gasteiger partial charge in [-0.3, -0.25) is 9.52 Å². The Morgan fingerprint density at radius 3 is 2.27 bits per heavy atom. The molecular weight excluding hydrogens is 446 g/mol. The lowest BCUT2D eigenvalue weighted by atomic mass is 10.1. The first-order valence-electron chi connectivity index (χ1n) is 9.75. The fourth-order valence-electron chi connectivity index (χ4n) is 3.03. The Hall–Kier alpha value is -4.24. The normalized spacial score (nSPS) is 11.2. The summed E-state index contributed by atoms with van der Waals surface area (Å²) < 4.78 is 37.2. The lowest BCUT2D eigenvalue weighted by Crippen LogP contribution is -2.20. The lowest BCUT2D eigenvalue weighted by Gasteiger charge is -2.09. The van der Waals surface area contributed by atoms with Crippen LogP contribution >= 0.6 is 0 Å². The van der Waals surface area contributed by atoms with Crippen LogP contribution in [-0.2, 0) is 14.8 Å². The Morgan fingerprint density at radius 2 is 1.55 bits per heavy atom. The SMILES string of the molecule is O=C(COC(=O)c1cc2ccccc2oc1=O)c1ccc(NS(=O)(=O)c2ccccc2)cc1. The molecule has 3 aromatic carbocycles. The zero-order valence-corrected chi connectivity index (χ0v) is 17.9. The standard InChI is InChI=1S/C24H17NO7S/c26-21(15-31-23(27)20-14-17-6-4-5-9-22(17)32-24(20)28)16-10-12-18(13-11-16)25-33(29,30)19-7-2-1-3-8-19/h1-14,25H,15H2. The van der Waals surface area contributed by atoms with Crippen LogP contribution in [0.3, 0.4) is 0 Å². The highest BCUT2D eigenvalue weighted by Gasteiger charge is 2.18. The van der Waals surface area contributed by atoms with Crippen molar-refractivity contribution >= 4 is 38.4 Å². The van der Waals surface area contributed by atoms with Gasteiger partial charge in [-0.2, -0.15) is 0 Å². The second kappa shape index (κ2) is 9.09. The number of esters is 1. The number of anilines is 1. The number of para-hydroxylation sites is 1. The Bertz CT molecular complexity index is 1490. The molecule has 4 rings (SSSR count). The van der Waals surface area contributed by atoms with Crippen molar-refractivity contribution in [3.8, 4) is 0 Å². The molecule has 0 radical (unpaired) electrons. The third-order valence-corrected chi connectivity index (χ3v) is 6.11. The van der Waals surface area contributed by atoms with E-state index < -0.39 is 34.0 Å². The van der Waals surface area contributed by atoms with Crippen molar-refractivity contribution in [3.05, 3.63) is 106 Å². The molecule has 0 amide bonds. The second-order valence-electron chi connectivity index (χ2n) is 6.98. The smallest absolute Gasteiger partial charge is 0.351 e. The molecule has 33 heavy (non-hydrogen) atoms. The minimum atomic E-state index is -3.76. The molecule has 0 fully saturated rings. The van der Waals surface area contributed by atoms with Crippen LogP contribution < -0.4 is 10.3 Å². The largest absolute Gasteiger partial charge is 0.453 e. The lowest BCUT2D eigenvalue weighted by molar-refractivity contribution is 0.0470. The average Bonchev–Trinajstić information content (AvgIpc) is 2.82. The van der Waals surface area contributed by atoms with Gasteiger partial charge in [-0.15, -0.1) is 0 Å². The second-order valence-corrected chi connectivity index (χ2v) is 8.66. The van der Waals surface area contributed by atoms with E-state index >= 15 is 0 Å². The van der Waals surface area contributed by atoms with Crippen molar-refractivity contribution in [2.24, 2.45) is 0 Å². The van der Waals surface area contributed by atoms with Crippen LogP contribution in [0.2, 0.25) is 0 Å². The van der Waals surface area contributed by atoms with Gasteiger partial charge in [-0.25, -0.2) is 18.0 Å². The Balaban J connectivity index is 1.40. The maximum atomic E-state index is 12.4. The first kappa shape index (κ1) is 22.0. The third-order valence-electron chi connectivity index (χ3n) is 4.71. The zero-order chi connectivity index (χ0) is 23.4. The third kappa shape index (κ3) is 4.99. The predicted octanol–water partition coefficient (Wildman–Crippen LogP) is 3.63. The van der Waals surface area contributed by atoms with E-state index in [2.05, 4.69) is 4.72 Å². The number of carbonyl (C=O) groups excluding carboxylic acids is 2. The number of rotatable bonds is 7. The predicted molar refractivity (Wildman–Crippen MR) is 121 cm³/mol. The van der Waals surface area contributed by atoms with Gasteiger partial charge in [0.1, 0.15) is 11.1 Å². The highest BCUT2D eigenvalue weighted by atomic mass is 32.2. The summed E-state index contributed by atoms with van der Waals surface area (Å²) in [6, 6.07) is 21.6. The number of benzene rings is 3. The zero-order valence-electron chi connectivity index (χ0n) is 17.1. The van der Waals surface area contributed by atoms with Gasteiger partial charge in [0.15, 0.2) is 12.4 Å². The summed E-state index contributed by atoms with van der Waals surface area (Å²) in [4.78, 5) is 36.8. The molecule has 1 aromatic heterocycles. The van der Waals surface area contributed by atoms with Crippen molar-refractivity contribution < 1.29 is 27.2 Å². The van der Waals surface area contributed by atoms with E-state index in [1.54, 1.807) is 42.5 Å². The van der Waals surface area contributed by atoms with Crippen molar-refractivity contribution in [3.63, 3.8) is 0 Å². The minimum Gasteiger partial charge on any atom is -0.453 e. The summed E-state index contributed by atoms with van der Waals surface area (Å²) in [7, 11) is -3.76. The molecule has 0 atom stereocenters. The molecule has 9 heteroatoms. The molecule has 0 aliphatic rings. The van der Waals surface area contributed by atoms with Crippen LogP contribution in [0.5, 0.6) is 0 Å². The van der Waals surface area contributed by atoms with E-state index in [0.717, 1.165) is 0 Å². The van der Waals surface area contributed by atoms with Gasteiger partial charge in [0.25, 0.3) is 10.0 Å². The van der Waals surface area contributed by atoms with E-state index in [1.807, 2.05) is 0 Å². The first-order valence-corrected chi connectivity index (χ1v) is 11.2. The number of sulfonamides is 1. The van der Waals surface area contributed by atoms with Crippen LogP contribution in [-0.4, -0.2) is 26.8 Å². The van der Waals surface area contributed by atoms with E-state index in [9.17, 15) is 22.8 Å². The van der Waals surface area contributed by atoms with Crippen molar-refractivity contribution in [2.75, 3.05) is 11.3 Å². The summed E-state index contributed by atoms with van der Waals surface area (Å²) in [5, 5.41) is 0.545. The summed E-state index contributed by atoms with van der Waals surface area (Å²) in [6.07, 6.45) is 0. The molecule has 1 N–H and O–H groups in total. The minimum absolute atomic E-state index is 0.107. The highest BCUT2D eigenvalue weighted by molar-refractivity contribution is 7.92. The fourth-order valence-corrected chi connectivity index (χ4v) is 4.11. The van der Waals surface area contributed by atoms with Crippen LogP contribution in [0.1, 0.15) is 20.7 Å². The van der Waals surface area contributed by atoms with Gasteiger partial charge in [-0.05, 0) is 48.5 Å². The quantitative estimate of drug-likeness (QED) is 0.252. The van der Waals surface area contributed by atoms with Crippen molar-refractivity contribution in [1.82, 2.24) is 0 Å². The summed E-state index contributed by atoms with van der Waals surface area (Å²) in [6.45, 7) is -0.597. The van der Waals surface area contributed by atoms with Gasteiger partial charge in [0, 0.05) is 16.6 Å². The first-order chi connectivity index (χ1) is 15.8. The number of nitrogens with one attached hydrogen (secondary N) is 1. The molecule has 8 nitrogen and oxygen atoms in total. The van der Waals surface area contributed by atoms with E-state index in [-0.39, 0.29) is 21.7 Å². The number of Topliss-reactive ketones (excluding diaryl/α,β-unsaturated/α-hetero) is 1. The topological polar surface area (TPSA) is 120 Å². The maximum Gasteiger partial charge on any atom is 0.351 e. The van der Waals surface area contributed by atoms with Crippen LogP contribution in [0, 0.1) is 0 Å². The Labute approximate surface area is 188 Å². The molecule has 0 bridgehead atoms. The number of hydrogen-bond donors (Lipinski definition) is 1. The molecule has 0 saturated heterocycles. The monoisotopic (exact) mass is 463 g/mol. The molecule has 1 heterocycles. The molecule has 166 valence electrons. The molecule has 0 unspecified atom stereocenters. The van der Waals surface area contributed by atoms with E-state index in [0.29, 0.717) is 11.0 Å². The van der Waals surface area contributed by atoms with Crippen molar-refractivity contribution in [1.29, 1.82) is 0 Å². The number of ether oxygens (including phenoxy) is 1. The Kier molecular flexibility index (Phi) is 6.05.